The molecule has 106 valence electrons. The summed E-state index contributed by atoms with van der Waals surface area (Å²) in [5, 5.41) is 2.63. The molecule has 2 heterocycles. The van der Waals surface area contributed by atoms with Crippen LogP contribution in [0.25, 0.3) is 16.9 Å². The number of benzene rings is 1. The molecule has 3 N–H and O–H groups in total. The summed E-state index contributed by atoms with van der Waals surface area (Å²) in [6.45, 7) is 0. The molecule has 3 rings (SSSR count). The maximum Gasteiger partial charge on any atom is 0.256 e. The summed E-state index contributed by atoms with van der Waals surface area (Å²) in [6, 6.07) is 3.86. The highest BCUT2D eigenvalue weighted by molar-refractivity contribution is 5.99. The van der Waals surface area contributed by atoms with Gasteiger partial charge in [-0.05, 0) is 18.2 Å². The summed E-state index contributed by atoms with van der Waals surface area (Å²) >= 11 is 0. The number of fused-ring (bicyclic) bond motifs is 1. The fraction of sp³-hybridized carbons (Fsp3) is 0. The van der Waals surface area contributed by atoms with E-state index in [4.69, 9.17) is 5.73 Å². The number of rotatable bonds is 2. The molecule has 8 heteroatoms. The van der Waals surface area contributed by atoms with Crippen molar-refractivity contribution in [3.63, 3.8) is 0 Å². The number of nitrogens with zero attached hydrogens (tertiary/aromatic N) is 2. The molecule has 0 radical (unpaired) electrons. The van der Waals surface area contributed by atoms with E-state index in [9.17, 15) is 18.4 Å². The fourth-order valence-corrected chi connectivity index (χ4v) is 2.12. The Morgan fingerprint density at radius 3 is 2.76 bits per heavy atom. The predicted octanol–water partition coefficient (Wildman–Crippen LogP) is 1.07. The molecule has 0 saturated carbocycles. The summed E-state index contributed by atoms with van der Waals surface area (Å²) in [4.78, 5) is 27.1. The first-order chi connectivity index (χ1) is 9.99. The molecule has 0 saturated heterocycles. The average molecular weight is 290 g/mol. The Bertz CT molecular complexity index is 930. The van der Waals surface area contributed by atoms with E-state index in [1.165, 1.54) is 10.8 Å². The lowest BCUT2D eigenvalue weighted by atomic mass is 10.1. The van der Waals surface area contributed by atoms with Gasteiger partial charge < -0.3 is 5.73 Å². The molecule has 1 aromatic carbocycles. The Hall–Kier alpha value is -3.03. The molecule has 1 amide bonds. The van der Waals surface area contributed by atoms with Crippen molar-refractivity contribution in [3.05, 3.63) is 58.0 Å². The van der Waals surface area contributed by atoms with E-state index in [0.717, 1.165) is 24.3 Å². The summed E-state index contributed by atoms with van der Waals surface area (Å²) < 4.78 is 28.4. The molecule has 3 aromatic rings. The van der Waals surface area contributed by atoms with Gasteiger partial charge in [0.15, 0.2) is 11.1 Å². The number of aromatic amines is 1. The second-order valence-electron chi connectivity index (χ2n) is 4.30. The van der Waals surface area contributed by atoms with Gasteiger partial charge in [-0.2, -0.15) is 0 Å². The number of hydrogen-bond donors (Lipinski definition) is 2. The zero-order valence-corrected chi connectivity index (χ0v) is 10.4. The Morgan fingerprint density at radius 1 is 1.29 bits per heavy atom. The van der Waals surface area contributed by atoms with E-state index in [1.807, 2.05) is 0 Å². The number of pyridine rings is 1. The van der Waals surface area contributed by atoms with Crippen molar-refractivity contribution >= 4 is 11.6 Å². The third kappa shape index (κ3) is 1.97. The predicted molar refractivity (Wildman–Crippen MR) is 69.7 cm³/mol. The van der Waals surface area contributed by atoms with Gasteiger partial charge in [-0.15, -0.1) is 0 Å². The standard InChI is InChI=1S/C13H8F2N4O2/c14-6-1-2-8(15)7(3-6)9-4-10(20)11(12(16)21)13-17-5-18-19(9)13/h1-5H,(H2,16,21)(H,17,18). The lowest BCUT2D eigenvalue weighted by molar-refractivity contribution is 0.100. The molecule has 0 atom stereocenters. The second-order valence-corrected chi connectivity index (χ2v) is 4.30. The van der Waals surface area contributed by atoms with Gasteiger partial charge in [0.05, 0.1) is 5.69 Å². The van der Waals surface area contributed by atoms with Crippen LogP contribution in [0.4, 0.5) is 8.78 Å². The van der Waals surface area contributed by atoms with Gasteiger partial charge in [0.2, 0.25) is 0 Å². The van der Waals surface area contributed by atoms with Crippen LogP contribution in [0.5, 0.6) is 0 Å². The number of carbonyl (C=O) groups excluding carboxylic acids is 1. The topological polar surface area (TPSA) is 93.3 Å². The van der Waals surface area contributed by atoms with Crippen molar-refractivity contribution in [2.75, 3.05) is 0 Å². The van der Waals surface area contributed by atoms with Crippen molar-refractivity contribution in [2.24, 2.45) is 5.73 Å². The first kappa shape index (κ1) is 13.0. The van der Waals surface area contributed by atoms with Crippen molar-refractivity contribution in [1.82, 2.24) is 14.6 Å². The first-order valence-electron chi connectivity index (χ1n) is 5.83. The minimum absolute atomic E-state index is 0.0366. The molecule has 0 bridgehead atoms. The number of amides is 1. The number of hydrogen-bond acceptors (Lipinski definition) is 3. The molecule has 0 aliphatic carbocycles. The van der Waals surface area contributed by atoms with Crippen molar-refractivity contribution in [3.8, 4) is 11.3 Å². The minimum atomic E-state index is -0.948. The molecular formula is C13H8F2N4O2. The van der Waals surface area contributed by atoms with Crippen LogP contribution < -0.4 is 11.2 Å². The van der Waals surface area contributed by atoms with Gasteiger partial charge in [-0.3, -0.25) is 14.7 Å². The number of nitrogens with one attached hydrogen (secondary N) is 1. The Morgan fingerprint density at radius 2 is 2.05 bits per heavy atom. The molecule has 2 aromatic heterocycles. The van der Waals surface area contributed by atoms with Crippen LogP contribution in [0, 0.1) is 11.6 Å². The van der Waals surface area contributed by atoms with Crippen molar-refractivity contribution in [2.45, 2.75) is 0 Å². The molecule has 0 aliphatic rings. The van der Waals surface area contributed by atoms with E-state index in [2.05, 4.69) is 10.1 Å². The molecule has 0 unspecified atom stereocenters. The quantitative estimate of drug-likeness (QED) is 0.739. The number of primary amides is 1. The van der Waals surface area contributed by atoms with Crippen LogP contribution in [-0.4, -0.2) is 20.5 Å². The van der Waals surface area contributed by atoms with Gasteiger partial charge in [-0.25, -0.2) is 18.3 Å². The number of aromatic nitrogens is 3. The molecule has 6 nitrogen and oxygen atoms in total. The maximum atomic E-state index is 13.9. The smallest absolute Gasteiger partial charge is 0.256 e. The zero-order valence-electron chi connectivity index (χ0n) is 10.4. The van der Waals surface area contributed by atoms with Gasteiger partial charge in [0.1, 0.15) is 23.5 Å². The monoisotopic (exact) mass is 290 g/mol. The third-order valence-electron chi connectivity index (χ3n) is 3.01. The van der Waals surface area contributed by atoms with Gasteiger partial charge in [0.25, 0.3) is 5.91 Å². The number of nitrogens with two attached hydrogens (primary N) is 1. The third-order valence-corrected chi connectivity index (χ3v) is 3.01. The fourth-order valence-electron chi connectivity index (χ4n) is 2.12. The molecule has 21 heavy (non-hydrogen) atoms. The average Bonchev–Trinajstić information content (AvgIpc) is 2.89. The van der Waals surface area contributed by atoms with Crippen LogP contribution in [0.3, 0.4) is 0 Å². The van der Waals surface area contributed by atoms with Crippen LogP contribution >= 0.6 is 0 Å². The van der Waals surface area contributed by atoms with Crippen LogP contribution in [-0.2, 0) is 0 Å². The van der Waals surface area contributed by atoms with Gasteiger partial charge in [-0.1, -0.05) is 0 Å². The second kappa shape index (κ2) is 4.51. The summed E-state index contributed by atoms with van der Waals surface area (Å²) in [6.07, 6.45) is 1.21. The Kier molecular flexibility index (Phi) is 2.79. The van der Waals surface area contributed by atoms with Gasteiger partial charge in [0, 0.05) is 11.6 Å². The van der Waals surface area contributed by atoms with E-state index in [-0.39, 0.29) is 22.5 Å². The summed E-state index contributed by atoms with van der Waals surface area (Å²) in [5.41, 5.74) is 3.96. The van der Waals surface area contributed by atoms with Crippen molar-refractivity contribution < 1.29 is 13.6 Å². The Labute approximate surface area is 115 Å². The Balaban J connectivity index is 2.43. The minimum Gasteiger partial charge on any atom is -0.365 e. The summed E-state index contributed by atoms with van der Waals surface area (Å²) in [5.74, 6) is -2.33. The number of halogens is 2. The summed E-state index contributed by atoms with van der Waals surface area (Å²) in [7, 11) is 0. The lowest BCUT2D eigenvalue weighted by Gasteiger charge is -2.08. The van der Waals surface area contributed by atoms with Gasteiger partial charge >= 0.3 is 0 Å². The largest absolute Gasteiger partial charge is 0.365 e. The molecule has 0 aliphatic heterocycles. The lowest BCUT2D eigenvalue weighted by Crippen LogP contribution is -2.23. The van der Waals surface area contributed by atoms with Crippen LogP contribution in [0.15, 0.2) is 35.4 Å². The SMILES string of the molecule is NC(=O)c1c(=O)cc(-c2cc(F)ccc2F)n2[nH]cnc12. The first-order valence-corrected chi connectivity index (χ1v) is 5.83. The highest BCUT2D eigenvalue weighted by atomic mass is 19.1. The van der Waals surface area contributed by atoms with E-state index < -0.39 is 23.0 Å². The molecule has 0 fully saturated rings. The normalized spacial score (nSPS) is 11.0. The van der Waals surface area contributed by atoms with Crippen LogP contribution in [0.2, 0.25) is 0 Å². The van der Waals surface area contributed by atoms with E-state index in [0.29, 0.717) is 0 Å². The molecule has 0 spiro atoms. The highest BCUT2D eigenvalue weighted by Crippen LogP contribution is 2.23. The highest BCUT2D eigenvalue weighted by Gasteiger charge is 2.19. The number of H-pyrrole nitrogens is 1. The maximum absolute atomic E-state index is 13.9. The van der Waals surface area contributed by atoms with Crippen LogP contribution in [0.1, 0.15) is 10.4 Å². The van der Waals surface area contributed by atoms with E-state index >= 15 is 0 Å². The van der Waals surface area contributed by atoms with E-state index in [1.54, 1.807) is 0 Å². The molecular weight excluding hydrogens is 282 g/mol. The zero-order chi connectivity index (χ0) is 15.1. The van der Waals surface area contributed by atoms with Crippen molar-refractivity contribution in [1.29, 1.82) is 0 Å². The number of carbonyl (C=O) groups is 1.